The molecule has 2 aromatic carbocycles. The highest BCUT2D eigenvalue weighted by molar-refractivity contribution is 6.19. The van der Waals surface area contributed by atoms with Crippen molar-refractivity contribution >= 4 is 23.9 Å². The van der Waals surface area contributed by atoms with E-state index in [1.54, 1.807) is 0 Å². The second kappa shape index (κ2) is 7.70. The van der Waals surface area contributed by atoms with Crippen LogP contribution < -0.4 is 0 Å². The number of benzene rings is 2. The fourth-order valence-electron chi connectivity index (χ4n) is 4.03. The number of carbonyl (C=O) groups excluding carboxylic acids is 4. The number of hydrogen-bond acceptors (Lipinski definition) is 6. The van der Waals surface area contributed by atoms with Gasteiger partial charge in [-0.15, -0.1) is 0 Å². The summed E-state index contributed by atoms with van der Waals surface area (Å²) in [6.45, 7) is 0. The van der Waals surface area contributed by atoms with Gasteiger partial charge in [0.15, 0.2) is 0 Å². The number of fused-ring (bicyclic) bond motifs is 5. The van der Waals surface area contributed by atoms with Crippen LogP contribution in [-0.4, -0.2) is 23.9 Å². The predicted molar refractivity (Wildman–Crippen MR) is 91.4 cm³/mol. The van der Waals surface area contributed by atoms with Crippen LogP contribution in [0.3, 0.4) is 0 Å². The third kappa shape index (κ3) is 3.94. The maximum Gasteiger partial charge on any atom is 0.417 e. The van der Waals surface area contributed by atoms with Crippen molar-refractivity contribution in [1.82, 2.24) is 0 Å². The van der Waals surface area contributed by atoms with Crippen molar-refractivity contribution in [3.8, 4) is 11.1 Å². The first-order chi connectivity index (χ1) is 17.1. The quantitative estimate of drug-likeness (QED) is 0.219. The molecule has 4 bridgehead atoms. The topological polar surface area (TPSA) is 86.7 Å². The molecular weight excluding hydrogens is 564 g/mol. The van der Waals surface area contributed by atoms with Crippen molar-refractivity contribution in [1.29, 1.82) is 0 Å². The summed E-state index contributed by atoms with van der Waals surface area (Å²) in [5, 5.41) is 0. The minimum atomic E-state index is -6.16. The molecule has 0 unspecified atom stereocenters. The lowest BCUT2D eigenvalue weighted by atomic mass is 9.83. The van der Waals surface area contributed by atoms with Crippen LogP contribution in [0.25, 0.3) is 11.1 Å². The maximum atomic E-state index is 14.1. The summed E-state index contributed by atoms with van der Waals surface area (Å²) >= 11 is 0. The summed E-state index contributed by atoms with van der Waals surface area (Å²) in [5.74, 6) is -11.2. The lowest BCUT2D eigenvalue weighted by molar-refractivity contribution is -0.142. The Morgan fingerprint density at radius 3 is 0.921 bits per heavy atom. The van der Waals surface area contributed by atoms with Crippen LogP contribution in [0.2, 0.25) is 0 Å². The molecule has 0 atom stereocenters. The second-order valence-electron chi connectivity index (χ2n) is 7.54. The van der Waals surface area contributed by atoms with Crippen molar-refractivity contribution < 1.29 is 81.3 Å². The number of hydrogen-bond donors (Lipinski definition) is 0. The largest absolute Gasteiger partial charge is 0.417 e. The van der Waals surface area contributed by atoms with Crippen molar-refractivity contribution in [3.05, 3.63) is 56.6 Å². The Morgan fingerprint density at radius 2 is 0.684 bits per heavy atom. The lowest BCUT2D eigenvalue weighted by Gasteiger charge is -2.23. The lowest BCUT2D eigenvalue weighted by Crippen LogP contribution is -2.30. The average molecular weight is 566 g/mol. The van der Waals surface area contributed by atoms with Crippen molar-refractivity contribution in [2.75, 3.05) is 0 Å². The molecule has 38 heavy (non-hydrogen) atoms. The minimum absolute atomic E-state index is 0.768. The highest BCUT2D eigenvalue weighted by Gasteiger charge is 2.54. The third-order valence-electron chi connectivity index (χ3n) is 5.31. The van der Waals surface area contributed by atoms with Gasteiger partial charge in [0.25, 0.3) is 0 Å². The normalized spacial score (nSPS) is 16.0. The van der Waals surface area contributed by atoms with Crippen LogP contribution in [0, 0.1) is 0 Å². The van der Waals surface area contributed by atoms with Crippen LogP contribution in [-0.2, 0) is 34.2 Å². The van der Waals surface area contributed by atoms with Gasteiger partial charge in [0.1, 0.15) is 0 Å². The molecule has 202 valence electrons. The monoisotopic (exact) mass is 566 g/mol. The van der Waals surface area contributed by atoms with Gasteiger partial charge >= 0.3 is 48.6 Å². The molecule has 4 rings (SSSR count). The fourth-order valence-corrected chi connectivity index (χ4v) is 4.03. The highest BCUT2D eigenvalue weighted by Crippen LogP contribution is 2.52. The van der Waals surface area contributed by atoms with Gasteiger partial charge in [0.05, 0.1) is 44.5 Å². The number of halogens is 12. The zero-order valence-electron chi connectivity index (χ0n) is 17.1. The molecular formula is C20H2F12O6. The summed E-state index contributed by atoms with van der Waals surface area (Å²) in [6, 6.07) is -1.54. The summed E-state index contributed by atoms with van der Waals surface area (Å²) in [6.07, 6.45) is -24.3. The van der Waals surface area contributed by atoms with E-state index in [0.717, 1.165) is 0 Å². The van der Waals surface area contributed by atoms with Crippen molar-refractivity contribution in [2.24, 2.45) is 0 Å². The van der Waals surface area contributed by atoms with E-state index in [1.807, 2.05) is 0 Å². The van der Waals surface area contributed by atoms with Gasteiger partial charge in [0.2, 0.25) is 0 Å². The Bertz CT molecular complexity index is 1360. The Hall–Kier alpha value is -4.12. The summed E-state index contributed by atoms with van der Waals surface area (Å²) < 4.78 is 176. The van der Waals surface area contributed by atoms with Gasteiger partial charge in [-0.05, 0) is 23.3 Å². The van der Waals surface area contributed by atoms with Crippen LogP contribution >= 0.6 is 0 Å². The van der Waals surface area contributed by atoms with Gasteiger partial charge in [-0.3, -0.25) is 0 Å². The van der Waals surface area contributed by atoms with E-state index in [1.165, 1.54) is 0 Å². The maximum absolute atomic E-state index is 14.1. The Morgan fingerprint density at radius 1 is 0.421 bits per heavy atom. The molecule has 0 fully saturated rings. The fraction of sp³-hybridized carbons (Fsp3) is 0.200. The van der Waals surface area contributed by atoms with Crippen molar-refractivity contribution in [2.45, 2.75) is 24.7 Å². The Labute approximate surface area is 198 Å². The highest BCUT2D eigenvalue weighted by atomic mass is 19.4. The molecule has 2 heterocycles. The molecule has 0 amide bonds. The third-order valence-corrected chi connectivity index (χ3v) is 5.31. The minimum Gasteiger partial charge on any atom is -0.386 e. The summed E-state index contributed by atoms with van der Waals surface area (Å²) in [4.78, 5) is 50.1. The smallest absolute Gasteiger partial charge is 0.386 e. The van der Waals surface area contributed by atoms with E-state index < -0.39 is 116 Å². The van der Waals surface area contributed by atoms with Crippen LogP contribution in [0.1, 0.15) is 63.7 Å². The summed E-state index contributed by atoms with van der Waals surface area (Å²) in [5.41, 5.74) is -25.3. The van der Waals surface area contributed by atoms with Gasteiger partial charge in [-0.25, -0.2) is 19.2 Å². The Kier molecular flexibility index (Phi) is 5.46. The second-order valence-corrected chi connectivity index (χ2v) is 7.54. The van der Waals surface area contributed by atoms with Gasteiger partial charge in [0, 0.05) is 0 Å². The van der Waals surface area contributed by atoms with Gasteiger partial charge < -0.3 is 9.47 Å². The van der Waals surface area contributed by atoms with Crippen LogP contribution in [0.4, 0.5) is 52.7 Å². The SMILES string of the molecule is O=C1OC(=O)c2c(C(F)(F)F)cc3c(C(F)(F)F)c2C(=O)OC(=O)c2c1c(C(F)(F)F)cc-3c2C(F)(F)F. The van der Waals surface area contributed by atoms with E-state index >= 15 is 0 Å². The molecule has 0 saturated heterocycles. The van der Waals surface area contributed by atoms with E-state index in [4.69, 9.17) is 0 Å². The molecule has 0 aromatic heterocycles. The molecule has 0 spiro atoms. The first-order valence-electron chi connectivity index (χ1n) is 9.31. The first kappa shape index (κ1) is 26.9. The van der Waals surface area contributed by atoms with E-state index in [-0.39, 0.29) is 0 Å². The predicted octanol–water partition coefficient (Wildman–Crippen LogP) is 6.05. The molecule has 0 N–H and O–H groups in total. The molecule has 6 nitrogen and oxygen atoms in total. The van der Waals surface area contributed by atoms with Gasteiger partial charge in [-0.2, -0.15) is 52.7 Å². The molecule has 0 aliphatic carbocycles. The number of esters is 4. The van der Waals surface area contributed by atoms with Crippen molar-refractivity contribution in [3.63, 3.8) is 0 Å². The number of ether oxygens (including phenoxy) is 2. The molecule has 0 saturated carbocycles. The number of carbonyl (C=O) groups is 4. The van der Waals surface area contributed by atoms with Gasteiger partial charge in [-0.1, -0.05) is 0 Å². The number of rotatable bonds is 0. The zero-order valence-corrected chi connectivity index (χ0v) is 17.1. The zero-order chi connectivity index (χ0) is 28.9. The first-order valence-corrected chi connectivity index (χ1v) is 9.31. The average Bonchev–Trinajstić information content (AvgIpc) is 2.75. The summed E-state index contributed by atoms with van der Waals surface area (Å²) in [7, 11) is 0. The number of alkyl halides is 12. The van der Waals surface area contributed by atoms with Crippen LogP contribution in [0.5, 0.6) is 0 Å². The number of cyclic esters (lactones) is 2. The molecule has 2 aliphatic rings. The van der Waals surface area contributed by atoms with E-state index in [2.05, 4.69) is 9.47 Å². The molecule has 2 aliphatic heterocycles. The molecule has 18 heteroatoms. The van der Waals surface area contributed by atoms with E-state index in [0.29, 0.717) is 0 Å². The molecule has 2 aromatic rings. The van der Waals surface area contributed by atoms with E-state index in [9.17, 15) is 71.9 Å². The standard InChI is InChI=1S/C20H2F12O6/c21-17(22,23)5-1-3-4-2-6(18(24,25)26)8-10(12(4)20(30,31)32)16(36)38-15(35)9(11(3)19(27,28)29)7(5)13(33)37-14(8)34/h1-2H. The molecule has 0 radical (unpaired) electrons. The Balaban J connectivity index is 2.52. The van der Waals surface area contributed by atoms with Crippen LogP contribution in [0.15, 0.2) is 12.1 Å².